The van der Waals surface area contributed by atoms with Crippen LogP contribution in [0, 0.1) is 5.92 Å². The molecule has 0 bridgehead atoms. The number of benzene rings is 2. The third-order valence-corrected chi connectivity index (χ3v) is 6.41. The molecule has 0 aromatic heterocycles. The third kappa shape index (κ3) is 5.66. The van der Waals surface area contributed by atoms with Crippen molar-refractivity contribution in [2.75, 3.05) is 18.9 Å². The second-order valence-electron chi connectivity index (χ2n) is 9.68. The van der Waals surface area contributed by atoms with Crippen molar-refractivity contribution in [2.45, 2.75) is 58.9 Å². The Bertz CT molecular complexity index is 976. The Morgan fingerprint density at radius 2 is 1.91 bits per heavy atom. The van der Waals surface area contributed by atoms with E-state index in [-0.39, 0.29) is 23.5 Å². The van der Waals surface area contributed by atoms with Crippen LogP contribution in [0.2, 0.25) is 5.02 Å². The highest BCUT2D eigenvalue weighted by Gasteiger charge is 2.32. The molecule has 0 aliphatic carbocycles. The van der Waals surface area contributed by atoms with Gasteiger partial charge in [0.2, 0.25) is 0 Å². The largest absolute Gasteiger partial charge is 0.450 e. The molecule has 2 unspecified atom stereocenters. The smallest absolute Gasteiger partial charge is 0.410 e. The summed E-state index contributed by atoms with van der Waals surface area (Å²) in [6.07, 6.45) is 3.49. The van der Waals surface area contributed by atoms with E-state index in [2.05, 4.69) is 58.0 Å². The summed E-state index contributed by atoms with van der Waals surface area (Å²) < 4.78 is 5.36. The molecule has 1 aliphatic heterocycles. The van der Waals surface area contributed by atoms with Gasteiger partial charge in [-0.3, -0.25) is 0 Å². The highest BCUT2D eigenvalue weighted by Crippen LogP contribution is 2.34. The Labute approximate surface area is 197 Å². The number of nitrogens with two attached hydrogens (primary N) is 1. The topological polar surface area (TPSA) is 55.6 Å². The number of rotatable bonds is 5. The maximum atomic E-state index is 12.7. The summed E-state index contributed by atoms with van der Waals surface area (Å²) in [4.78, 5) is 14.6. The fourth-order valence-electron chi connectivity index (χ4n) is 4.32. The van der Waals surface area contributed by atoms with Crippen LogP contribution >= 0.6 is 11.6 Å². The molecule has 2 atom stereocenters. The maximum absolute atomic E-state index is 12.7. The molecule has 0 saturated carbocycles. The number of nitrogen functional groups attached to an aromatic ring is 1. The summed E-state index contributed by atoms with van der Waals surface area (Å²) in [6, 6.07) is 14.3. The average molecular weight is 455 g/mol. The minimum absolute atomic E-state index is 0.0847. The first-order valence-corrected chi connectivity index (χ1v) is 11.8. The van der Waals surface area contributed by atoms with Gasteiger partial charge in [0.1, 0.15) is 0 Å². The lowest BCUT2D eigenvalue weighted by Crippen LogP contribution is -2.46. The molecule has 0 spiro atoms. The molecule has 5 heteroatoms. The fraction of sp³-hybridized carbons (Fsp3) is 0.444. The number of carbonyl (C=O) groups excluding carboxylic acids is 1. The first kappa shape index (κ1) is 24.2. The summed E-state index contributed by atoms with van der Waals surface area (Å²) >= 11 is 6.24. The van der Waals surface area contributed by atoms with Gasteiger partial charge in [-0.05, 0) is 66.0 Å². The quantitative estimate of drug-likeness (QED) is 0.510. The molecule has 0 saturated heterocycles. The van der Waals surface area contributed by atoms with E-state index in [1.807, 2.05) is 24.0 Å². The summed E-state index contributed by atoms with van der Waals surface area (Å²) in [6.45, 7) is 11.6. The normalized spacial score (nSPS) is 17.6. The predicted octanol–water partition coefficient (Wildman–Crippen LogP) is 6.71. The van der Waals surface area contributed by atoms with Crippen LogP contribution in [0.1, 0.15) is 57.7 Å². The van der Waals surface area contributed by atoms with Crippen molar-refractivity contribution < 1.29 is 9.53 Å². The number of anilines is 1. The first-order chi connectivity index (χ1) is 15.1. The minimum atomic E-state index is -0.262. The van der Waals surface area contributed by atoms with E-state index in [9.17, 15) is 4.79 Å². The average Bonchev–Trinajstić information content (AvgIpc) is 2.75. The number of amides is 1. The van der Waals surface area contributed by atoms with Gasteiger partial charge in [-0.1, -0.05) is 69.6 Å². The van der Waals surface area contributed by atoms with E-state index in [0.717, 1.165) is 17.6 Å². The summed E-state index contributed by atoms with van der Waals surface area (Å²) in [5.41, 5.74) is 11.7. The van der Waals surface area contributed by atoms with Gasteiger partial charge in [0, 0.05) is 22.8 Å². The van der Waals surface area contributed by atoms with Gasteiger partial charge in [0.05, 0.1) is 12.6 Å². The zero-order valence-corrected chi connectivity index (χ0v) is 20.6. The van der Waals surface area contributed by atoms with Crippen LogP contribution in [-0.2, 0) is 16.6 Å². The van der Waals surface area contributed by atoms with Gasteiger partial charge < -0.3 is 15.4 Å². The molecule has 32 heavy (non-hydrogen) atoms. The molecule has 0 radical (unpaired) electrons. The number of halogens is 1. The van der Waals surface area contributed by atoms with Crippen LogP contribution in [0.4, 0.5) is 10.5 Å². The van der Waals surface area contributed by atoms with Crippen molar-refractivity contribution in [1.82, 2.24) is 4.90 Å². The lowest BCUT2D eigenvalue weighted by atomic mass is 9.84. The molecular weight excluding hydrogens is 420 g/mol. The van der Waals surface area contributed by atoms with E-state index in [0.29, 0.717) is 30.3 Å². The van der Waals surface area contributed by atoms with Crippen molar-refractivity contribution in [1.29, 1.82) is 0 Å². The Morgan fingerprint density at radius 3 is 2.53 bits per heavy atom. The van der Waals surface area contributed by atoms with Crippen molar-refractivity contribution in [3.05, 3.63) is 70.3 Å². The molecule has 0 fully saturated rings. The van der Waals surface area contributed by atoms with E-state index in [1.165, 1.54) is 11.1 Å². The highest BCUT2D eigenvalue weighted by atomic mass is 35.5. The van der Waals surface area contributed by atoms with Crippen LogP contribution in [0.3, 0.4) is 0 Å². The third-order valence-electron chi connectivity index (χ3n) is 6.18. The van der Waals surface area contributed by atoms with Gasteiger partial charge in [0.25, 0.3) is 0 Å². The predicted molar refractivity (Wildman–Crippen MR) is 134 cm³/mol. The van der Waals surface area contributed by atoms with Gasteiger partial charge in [-0.15, -0.1) is 0 Å². The van der Waals surface area contributed by atoms with Gasteiger partial charge in [0.15, 0.2) is 0 Å². The molecule has 1 heterocycles. The molecular formula is C27H35ClN2O2. The van der Waals surface area contributed by atoms with Crippen LogP contribution in [0.15, 0.2) is 48.5 Å². The Kier molecular flexibility index (Phi) is 7.55. The zero-order chi connectivity index (χ0) is 23.5. The van der Waals surface area contributed by atoms with Crippen molar-refractivity contribution in [2.24, 2.45) is 5.92 Å². The summed E-state index contributed by atoms with van der Waals surface area (Å²) in [7, 11) is 0. The molecule has 3 rings (SSSR count). The molecule has 4 nitrogen and oxygen atoms in total. The number of ether oxygens (including phenoxy) is 1. The second-order valence-corrected chi connectivity index (χ2v) is 10.1. The fourth-order valence-corrected chi connectivity index (χ4v) is 4.50. The lowest BCUT2D eigenvalue weighted by molar-refractivity contribution is 0.0870. The van der Waals surface area contributed by atoms with E-state index < -0.39 is 0 Å². The van der Waals surface area contributed by atoms with Gasteiger partial charge in [-0.2, -0.15) is 0 Å². The maximum Gasteiger partial charge on any atom is 0.410 e. The van der Waals surface area contributed by atoms with Crippen LogP contribution in [-0.4, -0.2) is 30.2 Å². The van der Waals surface area contributed by atoms with Crippen molar-refractivity contribution in [3.8, 4) is 0 Å². The molecule has 1 aliphatic rings. The Balaban J connectivity index is 1.89. The van der Waals surface area contributed by atoms with E-state index >= 15 is 0 Å². The number of nitrogens with zero attached hydrogens (tertiary/aromatic N) is 1. The standard InChI is InChI=1S/C27H35ClN2O2/c1-6-32-26(31)30-14-13-20(23-17-22(28)11-12-24(23)29)16-25(30)18(2)15-19-7-9-21(10-8-19)27(3,4)5/h7-12,16-18,25H,6,13-15,29H2,1-5H3. The van der Waals surface area contributed by atoms with Crippen molar-refractivity contribution in [3.63, 3.8) is 0 Å². The molecule has 2 aromatic carbocycles. The SMILES string of the molecule is CCOC(=O)N1CCC(c2cc(Cl)ccc2N)=CC1C(C)Cc1ccc(C(C)(C)C)cc1. The molecule has 2 N–H and O–H groups in total. The van der Waals surface area contributed by atoms with Crippen LogP contribution < -0.4 is 5.73 Å². The molecule has 1 amide bonds. The first-order valence-electron chi connectivity index (χ1n) is 11.4. The van der Waals surface area contributed by atoms with Crippen LogP contribution in [0.25, 0.3) is 5.57 Å². The van der Waals surface area contributed by atoms with E-state index in [1.54, 1.807) is 6.07 Å². The Hall–Kier alpha value is -2.46. The number of hydrogen-bond acceptors (Lipinski definition) is 3. The van der Waals surface area contributed by atoms with E-state index in [4.69, 9.17) is 22.1 Å². The Morgan fingerprint density at radius 1 is 1.22 bits per heavy atom. The molecule has 172 valence electrons. The highest BCUT2D eigenvalue weighted by molar-refractivity contribution is 6.30. The monoisotopic (exact) mass is 454 g/mol. The zero-order valence-electron chi connectivity index (χ0n) is 19.8. The molecule has 2 aromatic rings. The summed E-state index contributed by atoms with van der Waals surface area (Å²) in [5.74, 6) is 0.204. The van der Waals surface area contributed by atoms with Crippen LogP contribution in [0.5, 0.6) is 0 Å². The van der Waals surface area contributed by atoms with Gasteiger partial charge >= 0.3 is 6.09 Å². The number of hydrogen-bond donors (Lipinski definition) is 1. The second kappa shape index (κ2) is 9.99. The van der Waals surface area contributed by atoms with Crippen molar-refractivity contribution >= 4 is 29.0 Å². The number of carbonyl (C=O) groups is 1. The minimum Gasteiger partial charge on any atom is -0.450 e. The lowest BCUT2D eigenvalue weighted by Gasteiger charge is -2.37. The van der Waals surface area contributed by atoms with Gasteiger partial charge in [-0.25, -0.2) is 4.79 Å². The summed E-state index contributed by atoms with van der Waals surface area (Å²) in [5, 5.41) is 0.659.